The molecule has 4 nitrogen and oxygen atoms in total. The third-order valence-electron chi connectivity index (χ3n) is 2.22. The van der Waals surface area contributed by atoms with Crippen molar-refractivity contribution in [1.82, 2.24) is 9.80 Å². The van der Waals surface area contributed by atoms with Crippen LogP contribution in [-0.4, -0.2) is 49.1 Å². The van der Waals surface area contributed by atoms with Crippen LogP contribution in [0, 0.1) is 0 Å². The van der Waals surface area contributed by atoms with Crippen molar-refractivity contribution in [3.63, 3.8) is 0 Å². The zero-order valence-electron chi connectivity index (χ0n) is 11.0. The number of phenolic OH excluding ortho intramolecular Hbond substituents is 1. The molecule has 0 saturated carbocycles. The first-order chi connectivity index (χ1) is 7.91. The zero-order chi connectivity index (χ0) is 13.0. The number of hydrogen-bond donors (Lipinski definition) is 1. The summed E-state index contributed by atoms with van der Waals surface area (Å²) in [6, 6.07) is 5.41. The Bertz CT molecular complexity index is 412. The summed E-state index contributed by atoms with van der Waals surface area (Å²) in [5, 5.41) is 9.40. The van der Waals surface area contributed by atoms with Crippen molar-refractivity contribution in [1.29, 1.82) is 0 Å². The smallest absolute Gasteiger partial charge is 0.195 e. The number of aliphatic imine (C=N–C) groups is 1. The fraction of sp³-hybridized carbons (Fsp3) is 0.417. The van der Waals surface area contributed by atoms with E-state index in [9.17, 15) is 5.11 Å². The van der Waals surface area contributed by atoms with E-state index < -0.39 is 0 Å². The van der Waals surface area contributed by atoms with Gasteiger partial charge in [-0.1, -0.05) is 6.07 Å². The van der Waals surface area contributed by atoms with Crippen molar-refractivity contribution in [3.05, 3.63) is 28.2 Å². The van der Waals surface area contributed by atoms with Crippen molar-refractivity contribution in [3.8, 4) is 5.75 Å². The third kappa shape index (κ3) is 5.01. The van der Waals surface area contributed by atoms with Crippen LogP contribution in [0.2, 0.25) is 0 Å². The Labute approximate surface area is 134 Å². The predicted molar refractivity (Wildman–Crippen MR) is 89.7 cm³/mol. The molecule has 1 aromatic rings. The van der Waals surface area contributed by atoms with Crippen molar-refractivity contribution in [2.45, 2.75) is 6.54 Å². The molecule has 0 unspecified atom stereocenters. The number of halogens is 2. The van der Waals surface area contributed by atoms with Gasteiger partial charge in [-0.05, 0) is 33.6 Å². The average molecular weight is 428 g/mol. The van der Waals surface area contributed by atoms with Gasteiger partial charge in [0, 0.05) is 28.2 Å². The molecule has 1 N–H and O–H groups in total. The molecule has 0 saturated heterocycles. The summed E-state index contributed by atoms with van der Waals surface area (Å²) in [7, 11) is 7.86. The molecule has 0 radical (unpaired) electrons. The van der Waals surface area contributed by atoms with Gasteiger partial charge in [0.25, 0.3) is 0 Å². The van der Waals surface area contributed by atoms with Crippen LogP contribution in [0.15, 0.2) is 27.7 Å². The highest BCUT2D eigenvalue weighted by Gasteiger charge is 2.04. The van der Waals surface area contributed by atoms with Crippen LogP contribution in [0.3, 0.4) is 0 Å². The molecule has 102 valence electrons. The van der Waals surface area contributed by atoms with Crippen LogP contribution < -0.4 is 0 Å². The summed E-state index contributed by atoms with van der Waals surface area (Å²) in [6.07, 6.45) is 0. The van der Waals surface area contributed by atoms with Gasteiger partial charge in [0.2, 0.25) is 0 Å². The minimum Gasteiger partial charge on any atom is -0.507 e. The van der Waals surface area contributed by atoms with Gasteiger partial charge in [0.05, 0.1) is 11.0 Å². The number of aromatic hydroxyl groups is 1. The third-order valence-corrected chi connectivity index (χ3v) is 2.85. The SMILES string of the molecule is CN(C)C(=NCc1ccc(O)c(Br)c1)N(C)C.I. The molecule has 0 heterocycles. The van der Waals surface area contributed by atoms with Gasteiger partial charge in [-0.25, -0.2) is 4.99 Å². The Morgan fingerprint density at radius 3 is 2.22 bits per heavy atom. The van der Waals surface area contributed by atoms with Gasteiger partial charge in [-0.15, -0.1) is 24.0 Å². The van der Waals surface area contributed by atoms with Gasteiger partial charge < -0.3 is 14.9 Å². The normalized spacial score (nSPS) is 9.39. The first-order valence-electron chi connectivity index (χ1n) is 5.28. The van der Waals surface area contributed by atoms with Crippen LogP contribution in [0.25, 0.3) is 0 Å². The van der Waals surface area contributed by atoms with Crippen molar-refractivity contribution in [2.75, 3.05) is 28.2 Å². The summed E-state index contributed by atoms with van der Waals surface area (Å²) in [5.41, 5.74) is 1.05. The molecule has 0 fully saturated rings. The van der Waals surface area contributed by atoms with Crippen LogP contribution in [-0.2, 0) is 6.54 Å². The van der Waals surface area contributed by atoms with E-state index in [-0.39, 0.29) is 29.7 Å². The lowest BCUT2D eigenvalue weighted by atomic mass is 10.2. The number of rotatable bonds is 2. The highest BCUT2D eigenvalue weighted by Crippen LogP contribution is 2.24. The lowest BCUT2D eigenvalue weighted by Gasteiger charge is -2.22. The molecular weight excluding hydrogens is 409 g/mol. The number of hydrogen-bond acceptors (Lipinski definition) is 2. The van der Waals surface area contributed by atoms with Crippen LogP contribution in [0.5, 0.6) is 5.75 Å². The van der Waals surface area contributed by atoms with Crippen molar-refractivity contribution in [2.24, 2.45) is 4.99 Å². The van der Waals surface area contributed by atoms with E-state index in [1.165, 1.54) is 0 Å². The Morgan fingerprint density at radius 1 is 1.22 bits per heavy atom. The molecule has 0 spiro atoms. The van der Waals surface area contributed by atoms with E-state index in [0.717, 1.165) is 11.5 Å². The van der Waals surface area contributed by atoms with Gasteiger partial charge in [-0.2, -0.15) is 0 Å². The molecule has 6 heteroatoms. The fourth-order valence-electron chi connectivity index (χ4n) is 1.49. The van der Waals surface area contributed by atoms with E-state index in [2.05, 4.69) is 20.9 Å². The molecule has 0 aromatic heterocycles. The number of nitrogens with zero attached hydrogens (tertiary/aromatic N) is 3. The number of benzene rings is 1. The maximum atomic E-state index is 9.40. The quantitative estimate of drug-likeness (QED) is 0.448. The Morgan fingerprint density at radius 2 is 1.78 bits per heavy atom. The summed E-state index contributed by atoms with van der Waals surface area (Å²) in [6.45, 7) is 0.588. The molecule has 0 amide bonds. The van der Waals surface area contributed by atoms with E-state index >= 15 is 0 Å². The zero-order valence-corrected chi connectivity index (χ0v) is 14.9. The van der Waals surface area contributed by atoms with E-state index in [0.29, 0.717) is 11.0 Å². The van der Waals surface area contributed by atoms with E-state index in [1.54, 1.807) is 6.07 Å². The standard InChI is InChI=1S/C12H18BrN3O.HI/c1-15(2)12(16(3)4)14-8-9-5-6-11(17)10(13)7-9;/h5-7,17H,8H2,1-4H3;1H. The van der Waals surface area contributed by atoms with Gasteiger partial charge in [0.1, 0.15) is 5.75 Å². The van der Waals surface area contributed by atoms with Gasteiger partial charge >= 0.3 is 0 Å². The Hall–Kier alpha value is -0.500. The molecule has 0 atom stereocenters. The Balaban J connectivity index is 0.00000289. The minimum absolute atomic E-state index is 0. The van der Waals surface area contributed by atoms with E-state index in [4.69, 9.17) is 0 Å². The summed E-state index contributed by atoms with van der Waals surface area (Å²) < 4.78 is 0.696. The lowest BCUT2D eigenvalue weighted by molar-refractivity contribution is 0.471. The molecule has 0 bridgehead atoms. The molecule has 0 aliphatic heterocycles. The van der Waals surface area contributed by atoms with Gasteiger partial charge in [0.15, 0.2) is 5.96 Å². The highest BCUT2D eigenvalue weighted by molar-refractivity contribution is 14.0. The predicted octanol–water partition coefficient (Wildman–Crippen LogP) is 2.75. The van der Waals surface area contributed by atoms with Gasteiger partial charge in [-0.3, -0.25) is 0 Å². The van der Waals surface area contributed by atoms with Crippen LogP contribution >= 0.6 is 39.9 Å². The topological polar surface area (TPSA) is 39.1 Å². The molecule has 18 heavy (non-hydrogen) atoms. The summed E-state index contributed by atoms with van der Waals surface area (Å²) in [5.74, 6) is 1.16. The molecule has 0 aliphatic carbocycles. The maximum absolute atomic E-state index is 9.40. The van der Waals surface area contributed by atoms with Crippen LogP contribution in [0.4, 0.5) is 0 Å². The van der Waals surface area contributed by atoms with Crippen molar-refractivity contribution >= 4 is 45.9 Å². The fourth-order valence-corrected chi connectivity index (χ4v) is 1.92. The summed E-state index contributed by atoms with van der Waals surface area (Å²) in [4.78, 5) is 8.47. The number of guanidine groups is 1. The first kappa shape index (κ1) is 17.5. The monoisotopic (exact) mass is 427 g/mol. The molecular formula is C12H19BrIN3O. The largest absolute Gasteiger partial charge is 0.507 e. The van der Waals surface area contributed by atoms with E-state index in [1.807, 2.05) is 50.1 Å². The first-order valence-corrected chi connectivity index (χ1v) is 6.07. The van der Waals surface area contributed by atoms with Crippen LogP contribution in [0.1, 0.15) is 5.56 Å². The second-order valence-corrected chi connectivity index (χ2v) is 5.05. The molecule has 1 aromatic carbocycles. The Kier molecular flexibility index (Phi) is 7.61. The second kappa shape index (κ2) is 7.83. The highest BCUT2D eigenvalue weighted by atomic mass is 127. The van der Waals surface area contributed by atoms with Crippen molar-refractivity contribution < 1.29 is 5.11 Å². The second-order valence-electron chi connectivity index (χ2n) is 4.19. The molecule has 1 rings (SSSR count). The summed E-state index contributed by atoms with van der Waals surface area (Å²) >= 11 is 3.29. The maximum Gasteiger partial charge on any atom is 0.195 e. The minimum atomic E-state index is 0. The lowest BCUT2D eigenvalue weighted by Crippen LogP contribution is -2.35. The average Bonchev–Trinajstić information content (AvgIpc) is 2.22. The molecule has 0 aliphatic rings. The number of phenols is 1.